The lowest BCUT2D eigenvalue weighted by atomic mass is 10.3. The topological polar surface area (TPSA) is 17.0 Å². The predicted octanol–water partition coefficient (Wildman–Crippen LogP) is 2.15. The van der Waals surface area contributed by atoms with E-state index in [1.54, 1.807) is 0 Å². The third kappa shape index (κ3) is 2.13. The van der Waals surface area contributed by atoms with Crippen molar-refractivity contribution in [2.75, 3.05) is 0 Å². The molecular weight excluding hydrogens is 160 g/mol. The monoisotopic (exact) mass is 178 g/mol. The summed E-state index contributed by atoms with van der Waals surface area (Å²) in [5.41, 5.74) is 1.85. The Morgan fingerprint density at radius 3 is 2.85 bits per heavy atom. The van der Waals surface area contributed by atoms with E-state index in [0.717, 1.165) is 13.1 Å². The van der Waals surface area contributed by atoms with Crippen molar-refractivity contribution < 1.29 is 0 Å². The highest BCUT2D eigenvalue weighted by Gasteiger charge is 2.36. The number of aromatic nitrogens is 1. The molecule has 0 amide bonds. The molecule has 1 fully saturated rings. The summed E-state index contributed by atoms with van der Waals surface area (Å²) < 4.78 is 2.21. The highest BCUT2D eigenvalue weighted by molar-refractivity contribution is 5.11. The van der Waals surface area contributed by atoms with Crippen LogP contribution in [0.4, 0.5) is 0 Å². The average Bonchev–Trinajstić information content (AvgIpc) is 2.69. The Labute approximate surface area is 79.9 Å². The first-order valence-corrected chi connectivity index (χ1v) is 5.11. The van der Waals surface area contributed by atoms with Gasteiger partial charge in [0, 0.05) is 31.0 Å². The van der Waals surface area contributed by atoms with Crippen LogP contribution >= 0.6 is 0 Å². The van der Waals surface area contributed by atoms with Crippen molar-refractivity contribution in [3.05, 3.63) is 24.0 Å². The van der Waals surface area contributed by atoms with Gasteiger partial charge in [0.25, 0.3) is 0 Å². The molecule has 13 heavy (non-hydrogen) atoms. The fourth-order valence-electron chi connectivity index (χ4n) is 1.47. The van der Waals surface area contributed by atoms with Gasteiger partial charge in [-0.25, -0.2) is 0 Å². The van der Waals surface area contributed by atoms with Crippen LogP contribution in [0.15, 0.2) is 18.5 Å². The Bertz CT molecular complexity index is 284. The molecule has 0 unspecified atom stereocenters. The number of nitrogens with one attached hydrogen (secondary N) is 1. The van der Waals surface area contributed by atoms with Gasteiger partial charge in [0.05, 0.1) is 0 Å². The van der Waals surface area contributed by atoms with Crippen LogP contribution in [0.1, 0.15) is 32.3 Å². The fourth-order valence-corrected chi connectivity index (χ4v) is 1.47. The zero-order valence-electron chi connectivity index (χ0n) is 8.51. The number of hydrogen-bond acceptors (Lipinski definition) is 1. The van der Waals surface area contributed by atoms with Crippen molar-refractivity contribution in [3.8, 4) is 0 Å². The molecule has 2 heteroatoms. The lowest BCUT2D eigenvalue weighted by Crippen LogP contribution is -2.26. The van der Waals surface area contributed by atoms with E-state index < -0.39 is 0 Å². The SMILES string of the molecule is CCn1ccc(CNC2(C)CC2)c1. The molecule has 1 aliphatic rings. The van der Waals surface area contributed by atoms with Gasteiger partial charge < -0.3 is 9.88 Å². The first-order valence-electron chi connectivity index (χ1n) is 5.11. The highest BCUT2D eigenvalue weighted by Crippen LogP contribution is 2.34. The fraction of sp³-hybridized carbons (Fsp3) is 0.636. The number of rotatable bonds is 4. The standard InChI is InChI=1S/C11H18N2/c1-3-13-7-4-10(9-13)8-12-11(2)5-6-11/h4,7,9,12H,3,5-6,8H2,1-2H3. The minimum absolute atomic E-state index is 0.453. The Hall–Kier alpha value is -0.760. The van der Waals surface area contributed by atoms with Crippen molar-refractivity contribution in [3.63, 3.8) is 0 Å². The first-order chi connectivity index (χ1) is 6.22. The Balaban J connectivity index is 1.87. The lowest BCUT2D eigenvalue weighted by Gasteiger charge is -2.09. The van der Waals surface area contributed by atoms with E-state index in [0.29, 0.717) is 5.54 Å². The summed E-state index contributed by atoms with van der Waals surface area (Å²) in [5, 5.41) is 3.57. The summed E-state index contributed by atoms with van der Waals surface area (Å²) >= 11 is 0. The Morgan fingerprint density at radius 1 is 1.54 bits per heavy atom. The maximum Gasteiger partial charge on any atom is 0.0225 e. The second-order valence-corrected chi connectivity index (χ2v) is 4.26. The van der Waals surface area contributed by atoms with E-state index in [-0.39, 0.29) is 0 Å². The normalized spacial score (nSPS) is 18.9. The van der Waals surface area contributed by atoms with Crippen molar-refractivity contribution >= 4 is 0 Å². The minimum Gasteiger partial charge on any atom is -0.354 e. The van der Waals surface area contributed by atoms with Crippen LogP contribution in [0.2, 0.25) is 0 Å². The van der Waals surface area contributed by atoms with Crippen molar-refractivity contribution in [2.45, 2.75) is 45.3 Å². The number of aryl methyl sites for hydroxylation is 1. The van der Waals surface area contributed by atoms with E-state index in [2.05, 4.69) is 42.2 Å². The van der Waals surface area contributed by atoms with Crippen LogP contribution in [0.3, 0.4) is 0 Å². The smallest absolute Gasteiger partial charge is 0.0225 e. The predicted molar refractivity (Wildman–Crippen MR) is 54.6 cm³/mol. The molecule has 0 saturated heterocycles. The molecule has 1 N–H and O–H groups in total. The van der Waals surface area contributed by atoms with Crippen LogP contribution in [-0.2, 0) is 13.1 Å². The molecule has 72 valence electrons. The second kappa shape index (κ2) is 3.18. The highest BCUT2D eigenvalue weighted by atomic mass is 15.0. The molecule has 1 heterocycles. The quantitative estimate of drug-likeness (QED) is 0.747. The van der Waals surface area contributed by atoms with Gasteiger partial charge in [-0.3, -0.25) is 0 Å². The molecule has 2 nitrogen and oxygen atoms in total. The molecule has 0 bridgehead atoms. The summed E-state index contributed by atoms with van der Waals surface area (Å²) in [7, 11) is 0. The second-order valence-electron chi connectivity index (χ2n) is 4.26. The molecule has 2 rings (SSSR count). The van der Waals surface area contributed by atoms with Crippen LogP contribution in [0, 0.1) is 0 Å². The molecule has 0 atom stereocenters. The molecule has 0 aromatic carbocycles. The Kier molecular flexibility index (Phi) is 2.16. The van der Waals surface area contributed by atoms with Gasteiger partial charge in [-0.2, -0.15) is 0 Å². The van der Waals surface area contributed by atoms with Gasteiger partial charge in [-0.05, 0) is 38.3 Å². The minimum atomic E-state index is 0.453. The molecule has 1 aliphatic carbocycles. The largest absolute Gasteiger partial charge is 0.354 e. The molecule has 1 saturated carbocycles. The van der Waals surface area contributed by atoms with Crippen LogP contribution in [-0.4, -0.2) is 10.1 Å². The number of nitrogens with zero attached hydrogens (tertiary/aromatic N) is 1. The summed E-state index contributed by atoms with van der Waals surface area (Å²) in [6.07, 6.45) is 7.04. The third-order valence-corrected chi connectivity index (χ3v) is 2.90. The van der Waals surface area contributed by atoms with Crippen molar-refractivity contribution in [2.24, 2.45) is 0 Å². The van der Waals surface area contributed by atoms with E-state index in [1.165, 1.54) is 18.4 Å². The summed E-state index contributed by atoms with van der Waals surface area (Å²) in [6.45, 7) is 6.55. The zero-order valence-corrected chi connectivity index (χ0v) is 8.51. The van der Waals surface area contributed by atoms with Gasteiger partial charge in [-0.1, -0.05) is 0 Å². The first kappa shape index (κ1) is 8.82. The van der Waals surface area contributed by atoms with Gasteiger partial charge in [0.1, 0.15) is 0 Å². The molecule has 0 aliphatic heterocycles. The average molecular weight is 178 g/mol. The van der Waals surface area contributed by atoms with E-state index >= 15 is 0 Å². The van der Waals surface area contributed by atoms with E-state index in [1.807, 2.05) is 0 Å². The Morgan fingerprint density at radius 2 is 2.31 bits per heavy atom. The maximum absolute atomic E-state index is 3.57. The molecule has 0 radical (unpaired) electrons. The van der Waals surface area contributed by atoms with E-state index in [4.69, 9.17) is 0 Å². The zero-order chi connectivity index (χ0) is 9.31. The van der Waals surface area contributed by atoms with Crippen molar-refractivity contribution in [1.29, 1.82) is 0 Å². The van der Waals surface area contributed by atoms with Gasteiger partial charge in [-0.15, -0.1) is 0 Å². The summed E-state index contributed by atoms with van der Waals surface area (Å²) in [6, 6.07) is 2.20. The molecular formula is C11H18N2. The summed E-state index contributed by atoms with van der Waals surface area (Å²) in [4.78, 5) is 0. The maximum atomic E-state index is 3.57. The molecule has 0 spiro atoms. The van der Waals surface area contributed by atoms with Crippen LogP contribution in [0.5, 0.6) is 0 Å². The molecule has 1 aromatic heterocycles. The number of hydrogen-bond donors (Lipinski definition) is 1. The van der Waals surface area contributed by atoms with Gasteiger partial charge in [0.2, 0.25) is 0 Å². The molecule has 1 aromatic rings. The summed E-state index contributed by atoms with van der Waals surface area (Å²) in [5.74, 6) is 0. The van der Waals surface area contributed by atoms with Crippen LogP contribution in [0.25, 0.3) is 0 Å². The van der Waals surface area contributed by atoms with Crippen LogP contribution < -0.4 is 5.32 Å². The van der Waals surface area contributed by atoms with Crippen molar-refractivity contribution in [1.82, 2.24) is 9.88 Å². The van der Waals surface area contributed by atoms with Gasteiger partial charge >= 0.3 is 0 Å². The van der Waals surface area contributed by atoms with Gasteiger partial charge in [0.15, 0.2) is 0 Å². The third-order valence-electron chi connectivity index (χ3n) is 2.90. The van der Waals surface area contributed by atoms with E-state index in [9.17, 15) is 0 Å². The lowest BCUT2D eigenvalue weighted by molar-refractivity contribution is 0.537.